The maximum absolute atomic E-state index is 12.4. The molecule has 124 valence electrons. The number of carbonyl (C=O) groups is 1. The molecule has 2 rings (SSSR count). The van der Waals surface area contributed by atoms with Crippen LogP contribution >= 0.6 is 11.6 Å². The van der Waals surface area contributed by atoms with E-state index in [9.17, 15) is 9.59 Å². The highest BCUT2D eigenvalue weighted by Crippen LogP contribution is 2.17. The van der Waals surface area contributed by atoms with Gasteiger partial charge >= 0.3 is 0 Å². The summed E-state index contributed by atoms with van der Waals surface area (Å²) in [6, 6.07) is 4.67. The molecule has 0 unspecified atom stereocenters. The van der Waals surface area contributed by atoms with Gasteiger partial charge in [-0.15, -0.1) is 0 Å². The lowest BCUT2D eigenvalue weighted by Crippen LogP contribution is -2.32. The Labute approximate surface area is 140 Å². The molecule has 0 spiro atoms. The third kappa shape index (κ3) is 4.10. The molecule has 1 N–H and O–H groups in total. The number of nitrogens with zero attached hydrogens (tertiary/aromatic N) is 2. The molecule has 1 aromatic carbocycles. The van der Waals surface area contributed by atoms with Gasteiger partial charge < -0.3 is 5.32 Å². The number of fused-ring (bicyclic) bond motifs is 1. The molecule has 0 saturated heterocycles. The molecule has 0 aliphatic heterocycles. The molecule has 1 atom stereocenters. The third-order valence-electron chi connectivity index (χ3n) is 3.85. The summed E-state index contributed by atoms with van der Waals surface area (Å²) in [5, 5.41) is 3.95. The summed E-state index contributed by atoms with van der Waals surface area (Å²) in [6.07, 6.45) is 3.47. The molecular formula is C17H22ClN3O2. The average Bonchev–Trinajstić information content (AvgIpc) is 2.50. The van der Waals surface area contributed by atoms with Crippen LogP contribution in [0.15, 0.2) is 23.0 Å². The van der Waals surface area contributed by atoms with Crippen molar-refractivity contribution in [1.29, 1.82) is 0 Å². The highest BCUT2D eigenvalue weighted by atomic mass is 35.5. The number of amides is 1. The van der Waals surface area contributed by atoms with E-state index in [1.165, 1.54) is 4.57 Å². The summed E-state index contributed by atoms with van der Waals surface area (Å²) in [5.74, 6) is 0.500. The number of hydrogen-bond donors (Lipinski definition) is 1. The third-order valence-corrected chi connectivity index (χ3v) is 4.08. The second-order valence-corrected chi connectivity index (χ2v) is 6.18. The Morgan fingerprint density at radius 3 is 2.83 bits per heavy atom. The lowest BCUT2D eigenvalue weighted by molar-refractivity contribution is -0.121. The summed E-state index contributed by atoms with van der Waals surface area (Å²) < 4.78 is 1.48. The van der Waals surface area contributed by atoms with Crippen LogP contribution in [0.4, 0.5) is 0 Å². The molecule has 1 aromatic heterocycles. The van der Waals surface area contributed by atoms with Crippen LogP contribution in [-0.4, -0.2) is 15.5 Å². The number of nitrogens with one attached hydrogen (secondary N) is 1. The van der Waals surface area contributed by atoms with Crippen molar-refractivity contribution in [3.63, 3.8) is 0 Å². The highest BCUT2D eigenvalue weighted by Gasteiger charge is 2.16. The van der Waals surface area contributed by atoms with Gasteiger partial charge in [0.05, 0.1) is 16.9 Å². The van der Waals surface area contributed by atoms with Crippen LogP contribution in [0.3, 0.4) is 0 Å². The van der Waals surface area contributed by atoms with Gasteiger partial charge in [0.15, 0.2) is 0 Å². The van der Waals surface area contributed by atoms with Gasteiger partial charge in [-0.3, -0.25) is 14.2 Å². The minimum absolute atomic E-state index is 0.0219. The van der Waals surface area contributed by atoms with Crippen molar-refractivity contribution < 1.29 is 4.79 Å². The summed E-state index contributed by atoms with van der Waals surface area (Å²) in [6.45, 7) is 3.93. The molecular weight excluding hydrogens is 314 g/mol. The molecule has 2 aromatic rings. The molecule has 0 saturated carbocycles. The van der Waals surface area contributed by atoms with Gasteiger partial charge in [-0.2, -0.15) is 0 Å². The first-order chi connectivity index (χ1) is 10.9. The van der Waals surface area contributed by atoms with Crippen molar-refractivity contribution in [3.8, 4) is 0 Å². The first kappa shape index (κ1) is 17.5. The summed E-state index contributed by atoms with van der Waals surface area (Å²) in [7, 11) is 1.67. The fourth-order valence-electron chi connectivity index (χ4n) is 2.56. The van der Waals surface area contributed by atoms with Gasteiger partial charge in [0.1, 0.15) is 5.82 Å². The van der Waals surface area contributed by atoms with E-state index in [-0.39, 0.29) is 17.5 Å². The number of carbonyl (C=O) groups excluding carboxylic acids is 1. The smallest absolute Gasteiger partial charge is 0.261 e. The zero-order chi connectivity index (χ0) is 17.0. The molecule has 1 heterocycles. The van der Waals surface area contributed by atoms with Crippen LogP contribution in [-0.2, 0) is 11.8 Å². The van der Waals surface area contributed by atoms with Gasteiger partial charge in [-0.1, -0.05) is 31.4 Å². The highest BCUT2D eigenvalue weighted by molar-refractivity contribution is 6.31. The second-order valence-electron chi connectivity index (χ2n) is 5.74. The molecule has 6 heteroatoms. The van der Waals surface area contributed by atoms with Crippen LogP contribution in [0.25, 0.3) is 10.9 Å². The van der Waals surface area contributed by atoms with E-state index >= 15 is 0 Å². The van der Waals surface area contributed by atoms with E-state index in [4.69, 9.17) is 11.6 Å². The maximum atomic E-state index is 12.4. The van der Waals surface area contributed by atoms with E-state index in [1.807, 2.05) is 6.92 Å². The molecule has 0 fully saturated rings. The van der Waals surface area contributed by atoms with Crippen molar-refractivity contribution in [3.05, 3.63) is 39.4 Å². The fourth-order valence-corrected chi connectivity index (χ4v) is 2.73. The quantitative estimate of drug-likeness (QED) is 0.823. The van der Waals surface area contributed by atoms with Gasteiger partial charge in [0.2, 0.25) is 5.91 Å². The second kappa shape index (κ2) is 7.59. The van der Waals surface area contributed by atoms with E-state index in [0.29, 0.717) is 28.2 Å². The van der Waals surface area contributed by atoms with Crippen molar-refractivity contribution in [1.82, 2.24) is 14.9 Å². The van der Waals surface area contributed by atoms with Crippen LogP contribution < -0.4 is 10.9 Å². The van der Waals surface area contributed by atoms with E-state index in [1.54, 1.807) is 25.2 Å². The Morgan fingerprint density at radius 1 is 1.39 bits per heavy atom. The molecule has 5 nitrogen and oxygen atoms in total. The fraction of sp³-hybridized carbons (Fsp3) is 0.471. The lowest BCUT2D eigenvalue weighted by Gasteiger charge is -2.17. The zero-order valence-electron chi connectivity index (χ0n) is 13.7. The molecule has 0 radical (unpaired) electrons. The van der Waals surface area contributed by atoms with Crippen LogP contribution in [0.2, 0.25) is 5.02 Å². The lowest BCUT2D eigenvalue weighted by atomic mass is 10.2. The number of unbranched alkanes of at least 4 members (excludes halogenated alkanes) is 2. The predicted octanol–water partition coefficient (Wildman–Crippen LogP) is 3.34. The Balaban J connectivity index is 2.26. The topological polar surface area (TPSA) is 64.0 Å². The molecule has 0 aliphatic carbocycles. The Bertz CT molecular complexity index is 770. The number of aromatic nitrogens is 2. The predicted molar refractivity (Wildman–Crippen MR) is 92.7 cm³/mol. The maximum Gasteiger partial charge on any atom is 0.261 e. The Hall–Kier alpha value is -1.88. The normalized spacial score (nSPS) is 12.3. The summed E-state index contributed by atoms with van der Waals surface area (Å²) in [5.41, 5.74) is 0.399. The largest absolute Gasteiger partial charge is 0.346 e. The number of rotatable bonds is 6. The van der Waals surface area contributed by atoms with Crippen LogP contribution in [0.1, 0.15) is 51.4 Å². The van der Waals surface area contributed by atoms with E-state index in [0.717, 1.165) is 19.3 Å². The molecule has 0 bridgehead atoms. The number of hydrogen-bond acceptors (Lipinski definition) is 3. The van der Waals surface area contributed by atoms with E-state index in [2.05, 4.69) is 17.2 Å². The summed E-state index contributed by atoms with van der Waals surface area (Å²) >= 11 is 5.98. The zero-order valence-corrected chi connectivity index (χ0v) is 14.5. The number of halogens is 1. The average molecular weight is 336 g/mol. The van der Waals surface area contributed by atoms with Crippen molar-refractivity contribution in [2.24, 2.45) is 7.05 Å². The van der Waals surface area contributed by atoms with Crippen molar-refractivity contribution in [2.45, 2.75) is 45.6 Å². The first-order valence-electron chi connectivity index (χ1n) is 7.89. The molecule has 23 heavy (non-hydrogen) atoms. The van der Waals surface area contributed by atoms with E-state index < -0.39 is 0 Å². The minimum Gasteiger partial charge on any atom is -0.346 e. The van der Waals surface area contributed by atoms with Crippen molar-refractivity contribution in [2.75, 3.05) is 0 Å². The van der Waals surface area contributed by atoms with Gasteiger partial charge in [-0.25, -0.2) is 4.98 Å². The van der Waals surface area contributed by atoms with Gasteiger partial charge in [0, 0.05) is 18.5 Å². The Kier molecular flexibility index (Phi) is 5.77. The standard InChI is InChI=1S/C17H22ClN3O2/c1-4-5-6-7-15(22)19-11(2)16-20-14-10-12(18)8-9-13(14)17(23)21(16)3/h8-11H,4-7H2,1-3H3,(H,19,22)/t11-/m0/s1. The Morgan fingerprint density at radius 2 is 2.13 bits per heavy atom. The first-order valence-corrected chi connectivity index (χ1v) is 8.27. The molecule has 1 amide bonds. The minimum atomic E-state index is -0.342. The number of benzene rings is 1. The van der Waals surface area contributed by atoms with Gasteiger partial charge in [0.25, 0.3) is 5.56 Å². The SMILES string of the molecule is CCCCCC(=O)N[C@@H](C)c1nc2cc(Cl)ccc2c(=O)n1C. The summed E-state index contributed by atoms with van der Waals surface area (Å²) in [4.78, 5) is 28.9. The monoisotopic (exact) mass is 335 g/mol. The van der Waals surface area contributed by atoms with Gasteiger partial charge in [-0.05, 0) is 31.5 Å². The molecule has 0 aliphatic rings. The van der Waals surface area contributed by atoms with Crippen LogP contribution in [0, 0.1) is 0 Å². The van der Waals surface area contributed by atoms with Crippen molar-refractivity contribution >= 4 is 28.4 Å². The van der Waals surface area contributed by atoms with Crippen LogP contribution in [0.5, 0.6) is 0 Å².